The first-order chi connectivity index (χ1) is 13.1. The fourth-order valence-corrected chi connectivity index (χ4v) is 3.25. The minimum Gasteiger partial charge on any atom is -0.497 e. The minimum atomic E-state index is -0.900. The molecule has 0 fully saturated rings. The van der Waals surface area contributed by atoms with E-state index in [-0.39, 0.29) is 12.5 Å². The predicted octanol–water partition coefficient (Wildman–Crippen LogP) is 3.06. The maximum Gasteiger partial charge on any atom is 0.312 e. The van der Waals surface area contributed by atoms with Crippen LogP contribution in [0.4, 0.5) is 0 Å². The van der Waals surface area contributed by atoms with Gasteiger partial charge < -0.3 is 19.5 Å². The third kappa shape index (κ3) is 4.58. The topological polar surface area (TPSA) is 76.1 Å². The van der Waals surface area contributed by atoms with E-state index in [1.54, 1.807) is 12.0 Å². The number of carboxylic acid groups (broad SMARTS) is 1. The Balaban J connectivity index is 1.51. The van der Waals surface area contributed by atoms with E-state index in [0.29, 0.717) is 26.0 Å². The van der Waals surface area contributed by atoms with Crippen molar-refractivity contribution in [3.63, 3.8) is 0 Å². The second-order valence-corrected chi connectivity index (χ2v) is 6.49. The van der Waals surface area contributed by atoms with Crippen molar-refractivity contribution < 1.29 is 24.2 Å². The van der Waals surface area contributed by atoms with E-state index in [1.807, 2.05) is 48.5 Å². The van der Waals surface area contributed by atoms with Crippen LogP contribution in [-0.2, 0) is 16.1 Å². The van der Waals surface area contributed by atoms with Gasteiger partial charge in [-0.3, -0.25) is 9.59 Å². The first-order valence-electron chi connectivity index (χ1n) is 8.93. The Morgan fingerprint density at radius 1 is 1.11 bits per heavy atom. The Hall–Kier alpha value is -3.02. The normalized spacial score (nSPS) is 15.7. The van der Waals surface area contributed by atoms with E-state index in [4.69, 9.17) is 9.47 Å². The first kappa shape index (κ1) is 18.8. The molecule has 1 amide bonds. The van der Waals surface area contributed by atoms with Crippen LogP contribution in [0.15, 0.2) is 48.5 Å². The molecule has 0 spiro atoms. The summed E-state index contributed by atoms with van der Waals surface area (Å²) in [4.78, 5) is 25.7. The molecule has 27 heavy (non-hydrogen) atoms. The van der Waals surface area contributed by atoms with E-state index in [1.165, 1.54) is 0 Å². The molecule has 1 aliphatic rings. The molecule has 1 unspecified atom stereocenters. The second kappa shape index (κ2) is 8.58. The molecule has 2 aromatic rings. The highest BCUT2D eigenvalue weighted by atomic mass is 16.5. The van der Waals surface area contributed by atoms with Crippen LogP contribution < -0.4 is 9.47 Å². The number of fused-ring (bicyclic) bond motifs is 1. The summed E-state index contributed by atoms with van der Waals surface area (Å²) in [6.45, 7) is 1.09. The molecule has 0 bridgehead atoms. The SMILES string of the molecule is COc1ccc(OCCCC(=O)N2Cc3ccccc3C(C(=O)O)C2)cc1. The number of hydrogen-bond acceptors (Lipinski definition) is 4. The van der Waals surface area contributed by atoms with Crippen molar-refractivity contribution in [2.45, 2.75) is 25.3 Å². The van der Waals surface area contributed by atoms with Gasteiger partial charge in [-0.05, 0) is 41.8 Å². The van der Waals surface area contributed by atoms with Gasteiger partial charge in [0.15, 0.2) is 0 Å². The third-order valence-corrected chi connectivity index (χ3v) is 4.71. The van der Waals surface area contributed by atoms with Crippen molar-refractivity contribution >= 4 is 11.9 Å². The molecular weight excluding hydrogens is 346 g/mol. The molecule has 3 rings (SSSR count). The number of rotatable bonds is 7. The van der Waals surface area contributed by atoms with E-state index >= 15 is 0 Å². The van der Waals surface area contributed by atoms with E-state index in [9.17, 15) is 14.7 Å². The lowest BCUT2D eigenvalue weighted by atomic mass is 9.89. The Bertz CT molecular complexity index is 802. The number of aliphatic carboxylic acids is 1. The van der Waals surface area contributed by atoms with Gasteiger partial charge in [-0.1, -0.05) is 24.3 Å². The Labute approximate surface area is 158 Å². The molecule has 0 aromatic heterocycles. The zero-order chi connectivity index (χ0) is 19.2. The van der Waals surface area contributed by atoms with Crippen molar-refractivity contribution in [2.24, 2.45) is 0 Å². The summed E-state index contributed by atoms with van der Waals surface area (Å²) in [5, 5.41) is 9.50. The van der Waals surface area contributed by atoms with Gasteiger partial charge in [0.1, 0.15) is 11.5 Å². The van der Waals surface area contributed by atoms with Gasteiger partial charge >= 0.3 is 5.97 Å². The highest BCUT2D eigenvalue weighted by Gasteiger charge is 2.31. The quantitative estimate of drug-likeness (QED) is 0.759. The number of methoxy groups -OCH3 is 1. The van der Waals surface area contributed by atoms with Gasteiger partial charge in [0.25, 0.3) is 0 Å². The third-order valence-electron chi connectivity index (χ3n) is 4.71. The Morgan fingerprint density at radius 2 is 1.81 bits per heavy atom. The van der Waals surface area contributed by atoms with Crippen molar-refractivity contribution in [1.82, 2.24) is 4.90 Å². The molecule has 0 radical (unpaired) electrons. The summed E-state index contributed by atoms with van der Waals surface area (Å²) in [5.74, 6) is -0.136. The molecule has 2 aromatic carbocycles. The molecule has 0 saturated carbocycles. The minimum absolute atomic E-state index is 0.0471. The van der Waals surface area contributed by atoms with Gasteiger partial charge in [-0.25, -0.2) is 0 Å². The molecule has 6 nitrogen and oxygen atoms in total. The smallest absolute Gasteiger partial charge is 0.312 e. The summed E-state index contributed by atoms with van der Waals surface area (Å²) in [6, 6.07) is 14.7. The Morgan fingerprint density at radius 3 is 2.52 bits per heavy atom. The lowest BCUT2D eigenvalue weighted by Crippen LogP contribution is -2.40. The first-order valence-corrected chi connectivity index (χ1v) is 8.93. The molecule has 0 saturated heterocycles. The van der Waals surface area contributed by atoms with Gasteiger partial charge in [0.2, 0.25) is 5.91 Å². The highest BCUT2D eigenvalue weighted by molar-refractivity contribution is 5.81. The largest absolute Gasteiger partial charge is 0.497 e. The average Bonchev–Trinajstić information content (AvgIpc) is 2.70. The van der Waals surface area contributed by atoms with E-state index in [2.05, 4.69) is 0 Å². The van der Waals surface area contributed by atoms with E-state index < -0.39 is 11.9 Å². The lowest BCUT2D eigenvalue weighted by Gasteiger charge is -2.33. The monoisotopic (exact) mass is 369 g/mol. The molecule has 0 aliphatic carbocycles. The summed E-state index contributed by atoms with van der Waals surface area (Å²) in [6.07, 6.45) is 0.894. The fourth-order valence-electron chi connectivity index (χ4n) is 3.25. The molecule has 6 heteroatoms. The molecule has 1 heterocycles. The number of amides is 1. The maximum atomic E-state index is 12.5. The number of carboxylic acids is 1. The maximum absolute atomic E-state index is 12.5. The van der Waals surface area contributed by atoms with Crippen LogP contribution in [0.2, 0.25) is 0 Å². The second-order valence-electron chi connectivity index (χ2n) is 6.49. The number of benzene rings is 2. The number of nitrogens with zero attached hydrogens (tertiary/aromatic N) is 1. The summed E-state index contributed by atoms with van der Waals surface area (Å²) in [5.41, 5.74) is 1.70. The van der Waals surface area contributed by atoms with E-state index in [0.717, 1.165) is 22.6 Å². The number of ether oxygens (including phenoxy) is 2. The van der Waals surface area contributed by atoms with Crippen molar-refractivity contribution in [1.29, 1.82) is 0 Å². The highest BCUT2D eigenvalue weighted by Crippen LogP contribution is 2.29. The van der Waals surface area contributed by atoms with Crippen LogP contribution in [0.5, 0.6) is 11.5 Å². The Kier molecular flexibility index (Phi) is 5.96. The van der Waals surface area contributed by atoms with Crippen molar-refractivity contribution in [2.75, 3.05) is 20.3 Å². The fraction of sp³-hybridized carbons (Fsp3) is 0.333. The number of carbonyl (C=O) groups excluding carboxylic acids is 1. The van der Waals surface area contributed by atoms with Crippen molar-refractivity contribution in [3.05, 3.63) is 59.7 Å². The molecule has 1 atom stereocenters. The van der Waals surface area contributed by atoms with Crippen LogP contribution in [0.1, 0.15) is 29.9 Å². The zero-order valence-electron chi connectivity index (χ0n) is 15.3. The van der Waals surface area contributed by atoms with Gasteiger partial charge in [-0.15, -0.1) is 0 Å². The van der Waals surface area contributed by atoms with Crippen LogP contribution >= 0.6 is 0 Å². The number of carbonyl (C=O) groups is 2. The number of hydrogen-bond donors (Lipinski definition) is 1. The average molecular weight is 369 g/mol. The van der Waals surface area contributed by atoms with Crippen molar-refractivity contribution in [3.8, 4) is 11.5 Å². The standard InChI is InChI=1S/C21H23NO5/c1-26-16-8-10-17(11-9-16)27-12-4-7-20(23)22-13-15-5-2-3-6-18(15)19(14-22)21(24)25/h2-3,5-6,8-11,19H,4,7,12-14H2,1H3,(H,24,25). The summed E-state index contributed by atoms with van der Waals surface area (Å²) in [7, 11) is 1.61. The molecule has 1 N–H and O–H groups in total. The summed E-state index contributed by atoms with van der Waals surface area (Å²) < 4.78 is 10.7. The van der Waals surface area contributed by atoms with Gasteiger partial charge in [-0.2, -0.15) is 0 Å². The van der Waals surface area contributed by atoms with Crippen LogP contribution in [0.25, 0.3) is 0 Å². The van der Waals surface area contributed by atoms with Crippen LogP contribution in [-0.4, -0.2) is 42.1 Å². The molecular formula is C21H23NO5. The summed E-state index contributed by atoms with van der Waals surface area (Å²) >= 11 is 0. The zero-order valence-corrected chi connectivity index (χ0v) is 15.3. The lowest BCUT2D eigenvalue weighted by molar-refractivity contribution is -0.141. The predicted molar refractivity (Wildman–Crippen MR) is 100.0 cm³/mol. The van der Waals surface area contributed by atoms with Crippen LogP contribution in [0.3, 0.4) is 0 Å². The van der Waals surface area contributed by atoms with Gasteiger partial charge in [0.05, 0.1) is 19.6 Å². The van der Waals surface area contributed by atoms with Gasteiger partial charge in [0, 0.05) is 19.5 Å². The molecule has 1 aliphatic heterocycles. The molecule has 142 valence electrons. The van der Waals surface area contributed by atoms with Crippen LogP contribution in [0, 0.1) is 0 Å².